The number of amides is 1. The monoisotopic (exact) mass is 315 g/mol. The summed E-state index contributed by atoms with van der Waals surface area (Å²) in [5.74, 6) is 0.0779. The molecule has 1 saturated heterocycles. The third kappa shape index (κ3) is 6.19. The molecule has 1 amide bonds. The summed E-state index contributed by atoms with van der Waals surface area (Å²) < 4.78 is -0.319. The van der Waals surface area contributed by atoms with Crippen LogP contribution in [0, 0.1) is 11.3 Å². The Morgan fingerprint density at radius 3 is 2.14 bits per heavy atom. The highest BCUT2D eigenvalue weighted by Crippen LogP contribution is 2.34. The molecule has 21 heavy (non-hydrogen) atoms. The van der Waals surface area contributed by atoms with E-state index in [1.54, 1.807) is 11.8 Å². The van der Waals surface area contributed by atoms with Crippen molar-refractivity contribution >= 4 is 18.5 Å². The van der Waals surface area contributed by atoms with Gasteiger partial charge in [-0.05, 0) is 25.2 Å². The second kappa shape index (κ2) is 6.49. The summed E-state index contributed by atoms with van der Waals surface area (Å²) in [4.78, 5) is 14.4. The molecule has 0 radical (unpaired) electrons. The van der Waals surface area contributed by atoms with Crippen LogP contribution in [0.15, 0.2) is 0 Å². The van der Waals surface area contributed by atoms with Crippen molar-refractivity contribution in [1.82, 2.24) is 4.90 Å². The van der Waals surface area contributed by atoms with Gasteiger partial charge in [0.1, 0.15) is 0 Å². The molecule has 1 unspecified atom stereocenters. The molecule has 0 aromatic rings. The fourth-order valence-corrected chi connectivity index (χ4v) is 3.17. The van der Waals surface area contributed by atoms with Gasteiger partial charge in [0.05, 0.1) is 24.6 Å². The van der Waals surface area contributed by atoms with E-state index in [1.807, 2.05) is 13.8 Å². The van der Waals surface area contributed by atoms with Crippen molar-refractivity contribution in [3.8, 4) is 0 Å². The standard InChI is InChI=1S/C17H33NO2S/c1-15(2,3)10-8-7-9-13(16(4,5)21)14(19)18-11-17(6,20)12-18/h13,20-21H,7-12H2,1-6H3. The van der Waals surface area contributed by atoms with Gasteiger partial charge < -0.3 is 10.0 Å². The molecule has 0 aliphatic carbocycles. The zero-order valence-electron chi connectivity index (χ0n) is 14.6. The maximum atomic E-state index is 12.6. The number of rotatable bonds is 6. The molecule has 0 saturated carbocycles. The largest absolute Gasteiger partial charge is 0.386 e. The third-order valence-electron chi connectivity index (χ3n) is 4.20. The van der Waals surface area contributed by atoms with Gasteiger partial charge in [0, 0.05) is 4.75 Å². The normalized spacial score (nSPS) is 20.1. The molecule has 1 heterocycles. The number of carbonyl (C=O) groups excluding carboxylic acids is 1. The Labute approximate surface area is 135 Å². The zero-order chi connectivity index (χ0) is 16.5. The van der Waals surface area contributed by atoms with Crippen LogP contribution in [0.2, 0.25) is 0 Å². The Bertz CT molecular complexity index is 358. The summed E-state index contributed by atoms with van der Waals surface area (Å²) >= 11 is 4.64. The average molecular weight is 316 g/mol. The van der Waals surface area contributed by atoms with E-state index >= 15 is 0 Å². The fraction of sp³-hybridized carbons (Fsp3) is 0.941. The number of unbranched alkanes of at least 4 members (excludes halogenated alkanes) is 1. The molecule has 0 bridgehead atoms. The highest BCUT2D eigenvalue weighted by Gasteiger charge is 2.44. The number of likely N-dealkylation sites (tertiary alicyclic amines) is 1. The van der Waals surface area contributed by atoms with Gasteiger partial charge in [0.2, 0.25) is 5.91 Å². The minimum absolute atomic E-state index is 0.0723. The van der Waals surface area contributed by atoms with E-state index in [2.05, 4.69) is 33.4 Å². The summed E-state index contributed by atoms with van der Waals surface area (Å²) in [7, 11) is 0. The minimum atomic E-state index is -0.701. The summed E-state index contributed by atoms with van der Waals surface area (Å²) in [6, 6.07) is 0. The van der Waals surface area contributed by atoms with Crippen molar-refractivity contribution in [1.29, 1.82) is 0 Å². The van der Waals surface area contributed by atoms with Crippen LogP contribution in [0.5, 0.6) is 0 Å². The van der Waals surface area contributed by atoms with Crippen LogP contribution in [0.1, 0.15) is 67.2 Å². The highest BCUT2D eigenvalue weighted by atomic mass is 32.1. The van der Waals surface area contributed by atoms with Gasteiger partial charge in [0.15, 0.2) is 0 Å². The van der Waals surface area contributed by atoms with Crippen molar-refractivity contribution in [2.45, 2.75) is 77.6 Å². The fourth-order valence-electron chi connectivity index (χ4n) is 2.93. The van der Waals surface area contributed by atoms with Gasteiger partial charge in [-0.3, -0.25) is 4.79 Å². The van der Waals surface area contributed by atoms with Crippen LogP contribution in [0.4, 0.5) is 0 Å². The van der Waals surface area contributed by atoms with Crippen molar-refractivity contribution < 1.29 is 9.90 Å². The summed E-state index contributed by atoms with van der Waals surface area (Å²) in [5.41, 5.74) is -0.348. The second-order valence-corrected chi connectivity index (χ2v) is 9.86. The first-order valence-corrected chi connectivity index (χ1v) is 8.50. The van der Waals surface area contributed by atoms with E-state index in [0.717, 1.165) is 19.3 Å². The molecule has 1 fully saturated rings. The van der Waals surface area contributed by atoms with Gasteiger partial charge in [0.25, 0.3) is 0 Å². The van der Waals surface area contributed by atoms with E-state index in [1.165, 1.54) is 6.42 Å². The Morgan fingerprint density at radius 1 is 1.24 bits per heavy atom. The highest BCUT2D eigenvalue weighted by molar-refractivity contribution is 7.81. The van der Waals surface area contributed by atoms with E-state index < -0.39 is 5.60 Å². The van der Waals surface area contributed by atoms with Crippen molar-refractivity contribution in [3.63, 3.8) is 0 Å². The number of hydrogen-bond donors (Lipinski definition) is 2. The molecule has 0 spiro atoms. The van der Waals surface area contributed by atoms with Gasteiger partial charge in [-0.25, -0.2) is 0 Å². The molecule has 1 aliphatic heterocycles. The van der Waals surface area contributed by atoms with Crippen LogP contribution in [0.3, 0.4) is 0 Å². The Hall–Kier alpha value is -0.220. The Balaban J connectivity index is 2.51. The molecule has 124 valence electrons. The van der Waals surface area contributed by atoms with E-state index in [4.69, 9.17) is 0 Å². The predicted molar refractivity (Wildman–Crippen MR) is 91.7 cm³/mol. The molecule has 1 atom stereocenters. The van der Waals surface area contributed by atoms with Crippen LogP contribution < -0.4 is 0 Å². The second-order valence-electron chi connectivity index (χ2n) is 8.70. The molecule has 0 aromatic heterocycles. The van der Waals surface area contributed by atoms with Gasteiger partial charge >= 0.3 is 0 Å². The maximum Gasteiger partial charge on any atom is 0.227 e. The lowest BCUT2D eigenvalue weighted by atomic mass is 9.83. The first kappa shape index (κ1) is 18.8. The number of aliphatic hydroxyl groups is 1. The molecule has 1 N–H and O–H groups in total. The molecule has 0 aromatic carbocycles. The lowest BCUT2D eigenvalue weighted by Gasteiger charge is -2.47. The lowest BCUT2D eigenvalue weighted by molar-refractivity contribution is -0.157. The predicted octanol–water partition coefficient (Wildman–Crippen LogP) is 3.51. The van der Waals surface area contributed by atoms with Crippen molar-refractivity contribution in [2.24, 2.45) is 11.3 Å². The van der Waals surface area contributed by atoms with E-state index in [9.17, 15) is 9.90 Å². The molecular weight excluding hydrogens is 282 g/mol. The first-order chi connectivity index (χ1) is 9.32. The molecule has 1 aliphatic rings. The summed E-state index contributed by atoms with van der Waals surface area (Å²) in [6.45, 7) is 13.5. The topological polar surface area (TPSA) is 40.5 Å². The summed E-state index contributed by atoms with van der Waals surface area (Å²) in [5, 5.41) is 9.81. The minimum Gasteiger partial charge on any atom is -0.386 e. The summed E-state index contributed by atoms with van der Waals surface area (Å²) in [6.07, 6.45) is 4.26. The smallest absolute Gasteiger partial charge is 0.227 e. The molecular formula is C17H33NO2S. The molecule has 3 nitrogen and oxygen atoms in total. The maximum absolute atomic E-state index is 12.6. The Kier molecular flexibility index (Phi) is 5.82. The average Bonchev–Trinajstić information content (AvgIpc) is 2.21. The van der Waals surface area contributed by atoms with Crippen LogP contribution >= 0.6 is 12.6 Å². The number of nitrogens with zero attached hydrogens (tertiary/aromatic N) is 1. The zero-order valence-corrected chi connectivity index (χ0v) is 15.5. The first-order valence-electron chi connectivity index (χ1n) is 8.05. The molecule has 4 heteroatoms. The molecule has 1 rings (SSSR count). The number of carbonyl (C=O) groups is 1. The van der Waals surface area contributed by atoms with Crippen LogP contribution in [0.25, 0.3) is 0 Å². The Morgan fingerprint density at radius 2 is 1.76 bits per heavy atom. The quantitative estimate of drug-likeness (QED) is 0.582. The van der Waals surface area contributed by atoms with Crippen LogP contribution in [-0.2, 0) is 4.79 Å². The van der Waals surface area contributed by atoms with E-state index in [-0.39, 0.29) is 16.6 Å². The lowest BCUT2D eigenvalue weighted by Crippen LogP contribution is -2.63. The number of β-amino-alcohol motifs (C(OH)–C–C–N with tert-alkyl or cyclic N) is 1. The van der Waals surface area contributed by atoms with Gasteiger partial charge in [-0.2, -0.15) is 12.6 Å². The van der Waals surface area contributed by atoms with Crippen LogP contribution in [-0.4, -0.2) is 39.4 Å². The number of thiol groups is 1. The third-order valence-corrected chi connectivity index (χ3v) is 4.51. The number of hydrogen-bond acceptors (Lipinski definition) is 3. The van der Waals surface area contributed by atoms with E-state index in [0.29, 0.717) is 18.5 Å². The van der Waals surface area contributed by atoms with Crippen molar-refractivity contribution in [2.75, 3.05) is 13.1 Å². The van der Waals surface area contributed by atoms with Gasteiger partial charge in [-0.1, -0.05) is 47.5 Å². The van der Waals surface area contributed by atoms with Gasteiger partial charge in [-0.15, -0.1) is 0 Å². The van der Waals surface area contributed by atoms with Crippen molar-refractivity contribution in [3.05, 3.63) is 0 Å². The SMILES string of the molecule is CC(C)(C)CCCCC(C(=O)N1CC(C)(O)C1)C(C)(C)S.